The first kappa shape index (κ1) is 13.7. The second kappa shape index (κ2) is 5.93. The van der Waals surface area contributed by atoms with E-state index in [4.69, 9.17) is 0 Å². The van der Waals surface area contributed by atoms with E-state index in [2.05, 4.69) is 4.98 Å². The van der Waals surface area contributed by atoms with Gasteiger partial charge < -0.3 is 5.11 Å². The predicted octanol–water partition coefficient (Wildman–Crippen LogP) is 3.26. The van der Waals surface area contributed by atoms with E-state index < -0.39 is 11.9 Å². The quantitative estimate of drug-likeness (QED) is 0.914. The van der Waals surface area contributed by atoms with Crippen molar-refractivity contribution in [2.75, 3.05) is 0 Å². The SMILES string of the molecule is CCc1csc(C(Cc2ccccc2F)C(=O)O)n1. The topological polar surface area (TPSA) is 50.2 Å². The lowest BCUT2D eigenvalue weighted by Crippen LogP contribution is -2.15. The van der Waals surface area contributed by atoms with E-state index in [0.717, 1.165) is 12.1 Å². The van der Waals surface area contributed by atoms with Crippen molar-refractivity contribution in [1.82, 2.24) is 4.98 Å². The number of carbonyl (C=O) groups is 1. The van der Waals surface area contributed by atoms with Gasteiger partial charge in [0.2, 0.25) is 0 Å². The molecule has 0 aliphatic carbocycles. The Morgan fingerprint density at radius 1 is 1.47 bits per heavy atom. The molecule has 19 heavy (non-hydrogen) atoms. The molecule has 1 N–H and O–H groups in total. The van der Waals surface area contributed by atoms with Crippen LogP contribution in [0.3, 0.4) is 0 Å². The van der Waals surface area contributed by atoms with Crippen molar-refractivity contribution in [3.63, 3.8) is 0 Å². The molecule has 1 unspecified atom stereocenters. The number of thiazole rings is 1. The molecule has 3 nitrogen and oxygen atoms in total. The Kier molecular flexibility index (Phi) is 4.27. The summed E-state index contributed by atoms with van der Waals surface area (Å²) in [5.41, 5.74) is 1.28. The Labute approximate surface area is 114 Å². The highest BCUT2D eigenvalue weighted by Gasteiger charge is 2.24. The normalized spacial score (nSPS) is 12.3. The number of hydrogen-bond donors (Lipinski definition) is 1. The summed E-state index contributed by atoms with van der Waals surface area (Å²) in [4.78, 5) is 15.6. The molecule has 0 aliphatic rings. The second-order valence-electron chi connectivity index (χ2n) is 4.22. The third-order valence-electron chi connectivity index (χ3n) is 2.91. The van der Waals surface area contributed by atoms with E-state index in [1.165, 1.54) is 17.4 Å². The van der Waals surface area contributed by atoms with Gasteiger partial charge in [-0.1, -0.05) is 25.1 Å². The first-order valence-electron chi connectivity index (χ1n) is 6.02. The molecule has 1 aromatic heterocycles. The average Bonchev–Trinajstić information content (AvgIpc) is 2.86. The van der Waals surface area contributed by atoms with Gasteiger partial charge in [-0.3, -0.25) is 4.79 Å². The van der Waals surface area contributed by atoms with Crippen LogP contribution in [0, 0.1) is 5.82 Å². The standard InChI is InChI=1S/C14H14FNO2S/c1-2-10-8-19-13(16-10)11(14(17)18)7-9-5-3-4-6-12(9)15/h3-6,8,11H,2,7H2,1H3,(H,17,18). The lowest BCUT2D eigenvalue weighted by Gasteiger charge is -2.10. The number of benzene rings is 1. The van der Waals surface area contributed by atoms with Crippen LogP contribution in [0.25, 0.3) is 0 Å². The van der Waals surface area contributed by atoms with Crippen LogP contribution in [0.15, 0.2) is 29.6 Å². The Balaban J connectivity index is 2.26. The number of carboxylic acid groups (broad SMARTS) is 1. The first-order valence-corrected chi connectivity index (χ1v) is 6.90. The van der Waals surface area contributed by atoms with Crippen LogP contribution in [0.2, 0.25) is 0 Å². The maximum Gasteiger partial charge on any atom is 0.313 e. The van der Waals surface area contributed by atoms with E-state index in [0.29, 0.717) is 10.6 Å². The smallest absolute Gasteiger partial charge is 0.313 e. The molecule has 0 saturated heterocycles. The van der Waals surface area contributed by atoms with Crippen LogP contribution in [-0.4, -0.2) is 16.1 Å². The van der Waals surface area contributed by atoms with Crippen LogP contribution < -0.4 is 0 Å². The van der Waals surface area contributed by atoms with Gasteiger partial charge in [0.25, 0.3) is 0 Å². The van der Waals surface area contributed by atoms with Gasteiger partial charge in [-0.05, 0) is 24.5 Å². The molecule has 5 heteroatoms. The maximum atomic E-state index is 13.6. The highest BCUT2D eigenvalue weighted by molar-refractivity contribution is 7.09. The largest absolute Gasteiger partial charge is 0.481 e. The number of hydrogen-bond acceptors (Lipinski definition) is 3. The zero-order valence-corrected chi connectivity index (χ0v) is 11.3. The molecule has 1 heterocycles. The fourth-order valence-electron chi connectivity index (χ4n) is 1.81. The van der Waals surface area contributed by atoms with Crippen molar-refractivity contribution in [2.45, 2.75) is 25.7 Å². The summed E-state index contributed by atoms with van der Waals surface area (Å²) in [6.45, 7) is 1.96. The molecular weight excluding hydrogens is 265 g/mol. The van der Waals surface area contributed by atoms with Crippen LogP contribution in [-0.2, 0) is 17.6 Å². The van der Waals surface area contributed by atoms with Gasteiger partial charge in [-0.15, -0.1) is 11.3 Å². The summed E-state index contributed by atoms with van der Waals surface area (Å²) < 4.78 is 13.6. The molecule has 0 aliphatic heterocycles. The van der Waals surface area contributed by atoms with Crippen LogP contribution in [0.4, 0.5) is 4.39 Å². The molecule has 0 saturated carbocycles. The Morgan fingerprint density at radius 3 is 2.79 bits per heavy atom. The van der Waals surface area contributed by atoms with Crippen molar-refractivity contribution in [3.8, 4) is 0 Å². The molecule has 0 bridgehead atoms. The van der Waals surface area contributed by atoms with Gasteiger partial charge in [0.15, 0.2) is 0 Å². The summed E-state index contributed by atoms with van der Waals surface area (Å²) in [5, 5.41) is 11.7. The highest BCUT2D eigenvalue weighted by atomic mass is 32.1. The van der Waals surface area contributed by atoms with Crippen LogP contribution in [0.5, 0.6) is 0 Å². The van der Waals surface area contributed by atoms with E-state index in [9.17, 15) is 14.3 Å². The molecule has 0 fully saturated rings. The van der Waals surface area contributed by atoms with Crippen molar-refractivity contribution >= 4 is 17.3 Å². The summed E-state index contributed by atoms with van der Waals surface area (Å²) in [7, 11) is 0. The summed E-state index contributed by atoms with van der Waals surface area (Å²) in [6.07, 6.45) is 0.890. The molecule has 0 spiro atoms. The molecule has 1 aromatic carbocycles. The number of nitrogens with zero attached hydrogens (tertiary/aromatic N) is 1. The van der Waals surface area contributed by atoms with Crippen molar-refractivity contribution in [3.05, 3.63) is 51.7 Å². The van der Waals surface area contributed by atoms with Gasteiger partial charge in [0.1, 0.15) is 16.7 Å². The van der Waals surface area contributed by atoms with E-state index in [-0.39, 0.29) is 12.2 Å². The van der Waals surface area contributed by atoms with Crippen LogP contribution >= 0.6 is 11.3 Å². The molecule has 0 amide bonds. The molecular formula is C14H14FNO2S. The maximum absolute atomic E-state index is 13.6. The van der Waals surface area contributed by atoms with Crippen molar-refractivity contribution in [1.29, 1.82) is 0 Å². The number of aromatic nitrogens is 1. The van der Waals surface area contributed by atoms with E-state index in [1.807, 2.05) is 12.3 Å². The third-order valence-corrected chi connectivity index (χ3v) is 3.92. The summed E-state index contributed by atoms with van der Waals surface area (Å²) >= 11 is 1.32. The summed E-state index contributed by atoms with van der Waals surface area (Å²) in [5.74, 6) is -2.14. The number of rotatable bonds is 5. The van der Waals surface area contributed by atoms with Gasteiger partial charge in [0, 0.05) is 5.38 Å². The number of halogens is 1. The van der Waals surface area contributed by atoms with E-state index >= 15 is 0 Å². The van der Waals surface area contributed by atoms with Crippen molar-refractivity contribution in [2.24, 2.45) is 0 Å². The Bertz CT molecular complexity index is 582. The van der Waals surface area contributed by atoms with Gasteiger partial charge in [-0.2, -0.15) is 0 Å². The van der Waals surface area contributed by atoms with Gasteiger partial charge >= 0.3 is 5.97 Å². The highest BCUT2D eigenvalue weighted by Crippen LogP contribution is 2.26. The number of carboxylic acids is 1. The summed E-state index contributed by atoms with van der Waals surface area (Å²) in [6, 6.07) is 6.25. The minimum Gasteiger partial charge on any atom is -0.481 e. The lowest BCUT2D eigenvalue weighted by molar-refractivity contribution is -0.138. The predicted molar refractivity (Wildman–Crippen MR) is 72.0 cm³/mol. The lowest BCUT2D eigenvalue weighted by atomic mass is 9.99. The van der Waals surface area contributed by atoms with Crippen LogP contribution in [0.1, 0.15) is 29.1 Å². The average molecular weight is 279 g/mol. The molecule has 100 valence electrons. The first-order chi connectivity index (χ1) is 9.11. The fraction of sp³-hybridized carbons (Fsp3) is 0.286. The number of aryl methyl sites for hydroxylation is 1. The number of aliphatic carboxylic acids is 1. The Morgan fingerprint density at radius 2 is 2.21 bits per heavy atom. The molecule has 2 aromatic rings. The molecule has 1 atom stereocenters. The molecule has 0 radical (unpaired) electrons. The third kappa shape index (κ3) is 3.17. The zero-order valence-electron chi connectivity index (χ0n) is 10.5. The monoisotopic (exact) mass is 279 g/mol. The van der Waals surface area contributed by atoms with Crippen molar-refractivity contribution < 1.29 is 14.3 Å². The van der Waals surface area contributed by atoms with E-state index in [1.54, 1.807) is 18.2 Å². The van der Waals surface area contributed by atoms with Gasteiger partial charge in [0.05, 0.1) is 5.69 Å². The zero-order chi connectivity index (χ0) is 13.8. The minimum atomic E-state index is -0.972. The Hall–Kier alpha value is -1.75. The fourth-order valence-corrected chi connectivity index (χ4v) is 2.80. The second-order valence-corrected chi connectivity index (χ2v) is 5.11. The molecule has 2 rings (SSSR count). The van der Waals surface area contributed by atoms with Gasteiger partial charge in [-0.25, -0.2) is 9.37 Å². The minimum absolute atomic E-state index is 0.124.